The molecule has 4 heteroatoms. The number of carbonyl (C=O) groups excluding carboxylic acids is 2. The van der Waals surface area contributed by atoms with Crippen molar-refractivity contribution >= 4 is 11.8 Å². The topological polar surface area (TPSA) is 49.4 Å². The molecule has 136 valence electrons. The first-order valence-corrected chi connectivity index (χ1v) is 9.96. The van der Waals surface area contributed by atoms with Crippen molar-refractivity contribution in [2.75, 3.05) is 13.1 Å². The van der Waals surface area contributed by atoms with Gasteiger partial charge in [0.05, 0.1) is 6.04 Å². The van der Waals surface area contributed by atoms with Crippen LogP contribution in [-0.2, 0) is 16.0 Å². The fraction of sp³-hybridized carbons (Fsp3) is 0.545. The molecule has 3 fully saturated rings. The van der Waals surface area contributed by atoms with E-state index in [1.807, 2.05) is 23.1 Å². The Morgan fingerprint density at radius 1 is 1.19 bits per heavy atom. The Balaban J connectivity index is 1.15. The number of hydrogen-bond donors (Lipinski definition) is 1. The number of nitrogens with one attached hydrogen (secondary N) is 1. The Bertz CT molecular complexity index is 753. The van der Waals surface area contributed by atoms with Crippen LogP contribution in [0.2, 0.25) is 0 Å². The van der Waals surface area contributed by atoms with E-state index in [0.29, 0.717) is 30.2 Å². The molecule has 2 amide bonds. The van der Waals surface area contributed by atoms with Crippen LogP contribution in [0, 0.1) is 23.2 Å². The SMILES string of the molecule is O=C(N[C@@H]1CC(=O)N(CCc2ccccc2)C1)[C@H]1C[C@H]2C=C[C@H]1C21CC1. The molecule has 26 heavy (non-hydrogen) atoms. The van der Waals surface area contributed by atoms with Crippen LogP contribution < -0.4 is 5.32 Å². The Kier molecular flexibility index (Phi) is 3.70. The minimum Gasteiger partial charge on any atom is -0.351 e. The maximum absolute atomic E-state index is 12.8. The van der Waals surface area contributed by atoms with E-state index in [1.165, 1.54) is 18.4 Å². The second-order valence-electron chi connectivity index (χ2n) is 8.58. The summed E-state index contributed by atoms with van der Waals surface area (Å²) in [5, 5.41) is 3.19. The second kappa shape index (κ2) is 5.97. The van der Waals surface area contributed by atoms with E-state index < -0.39 is 0 Å². The molecule has 1 N–H and O–H groups in total. The maximum atomic E-state index is 12.8. The standard InChI is InChI=1S/C22H26N2O2/c25-20-13-17(14-24(20)11-8-15-4-2-1-3-5-15)23-21(26)18-12-16-6-7-19(18)22(16)9-10-22/h1-7,16-19H,8-14H2,(H,23,26)/t16-,17-,18+,19-/m1/s1. The normalized spacial score (nSPS) is 33.2. The lowest BCUT2D eigenvalue weighted by molar-refractivity contribution is -0.127. The predicted molar refractivity (Wildman–Crippen MR) is 99.2 cm³/mol. The summed E-state index contributed by atoms with van der Waals surface area (Å²) in [5.41, 5.74) is 1.69. The molecule has 1 aromatic rings. The number of carbonyl (C=O) groups is 2. The first-order chi connectivity index (χ1) is 12.7. The van der Waals surface area contributed by atoms with Crippen LogP contribution in [0.4, 0.5) is 0 Å². The second-order valence-corrected chi connectivity index (χ2v) is 8.58. The summed E-state index contributed by atoms with van der Waals surface area (Å²) >= 11 is 0. The number of allylic oxidation sites excluding steroid dienone is 2. The van der Waals surface area contributed by atoms with Gasteiger partial charge < -0.3 is 10.2 Å². The fourth-order valence-corrected chi connectivity index (χ4v) is 5.57. The van der Waals surface area contributed by atoms with Crippen molar-refractivity contribution in [2.45, 2.75) is 38.1 Å². The molecule has 1 aliphatic heterocycles. The number of benzene rings is 1. The smallest absolute Gasteiger partial charge is 0.224 e. The first-order valence-electron chi connectivity index (χ1n) is 9.96. The molecule has 2 saturated carbocycles. The van der Waals surface area contributed by atoms with Gasteiger partial charge in [-0.15, -0.1) is 0 Å². The molecule has 0 radical (unpaired) electrons. The quantitative estimate of drug-likeness (QED) is 0.830. The van der Waals surface area contributed by atoms with Crippen LogP contribution in [0.25, 0.3) is 0 Å². The zero-order valence-corrected chi connectivity index (χ0v) is 15.1. The van der Waals surface area contributed by atoms with Gasteiger partial charge in [0.15, 0.2) is 0 Å². The van der Waals surface area contributed by atoms with Crippen molar-refractivity contribution in [1.29, 1.82) is 0 Å². The molecule has 2 bridgehead atoms. The lowest BCUT2D eigenvalue weighted by Crippen LogP contribution is -2.42. The summed E-state index contributed by atoms with van der Waals surface area (Å²) in [7, 11) is 0. The minimum absolute atomic E-state index is 0.0240. The van der Waals surface area contributed by atoms with E-state index in [1.54, 1.807) is 0 Å². The number of likely N-dealkylation sites (tertiary alicyclic amines) is 1. The maximum Gasteiger partial charge on any atom is 0.224 e. The van der Waals surface area contributed by atoms with Crippen LogP contribution in [0.1, 0.15) is 31.2 Å². The third-order valence-corrected chi connectivity index (χ3v) is 7.13. The average Bonchev–Trinajstić information content (AvgIpc) is 3.19. The molecule has 3 aliphatic carbocycles. The third kappa shape index (κ3) is 2.58. The summed E-state index contributed by atoms with van der Waals surface area (Å²) in [6, 6.07) is 10.2. The van der Waals surface area contributed by atoms with Gasteiger partial charge in [0.2, 0.25) is 11.8 Å². The molecule has 5 rings (SSSR count). The van der Waals surface area contributed by atoms with Crippen molar-refractivity contribution in [3.8, 4) is 0 Å². The van der Waals surface area contributed by atoms with Gasteiger partial charge in [-0.3, -0.25) is 9.59 Å². The Labute approximate surface area is 154 Å². The van der Waals surface area contributed by atoms with Crippen molar-refractivity contribution < 1.29 is 9.59 Å². The van der Waals surface area contributed by atoms with E-state index in [4.69, 9.17) is 0 Å². The van der Waals surface area contributed by atoms with E-state index >= 15 is 0 Å². The average molecular weight is 350 g/mol. The number of rotatable bonds is 5. The fourth-order valence-electron chi connectivity index (χ4n) is 5.57. The Hall–Kier alpha value is -2.10. The number of nitrogens with zero attached hydrogens (tertiary/aromatic N) is 1. The molecule has 4 atom stereocenters. The molecule has 0 unspecified atom stereocenters. The van der Waals surface area contributed by atoms with Crippen LogP contribution >= 0.6 is 0 Å². The molecule has 1 heterocycles. The molecule has 1 spiro atoms. The van der Waals surface area contributed by atoms with Crippen LogP contribution in [0.5, 0.6) is 0 Å². The van der Waals surface area contributed by atoms with Gasteiger partial charge in [0.1, 0.15) is 0 Å². The zero-order valence-electron chi connectivity index (χ0n) is 15.1. The van der Waals surface area contributed by atoms with Crippen molar-refractivity contribution in [2.24, 2.45) is 23.2 Å². The molecular weight excluding hydrogens is 324 g/mol. The van der Waals surface area contributed by atoms with Gasteiger partial charge in [0, 0.05) is 25.4 Å². The highest BCUT2D eigenvalue weighted by molar-refractivity contribution is 5.84. The Morgan fingerprint density at radius 3 is 2.73 bits per heavy atom. The van der Waals surface area contributed by atoms with Crippen LogP contribution in [0.15, 0.2) is 42.5 Å². The van der Waals surface area contributed by atoms with Gasteiger partial charge in [0.25, 0.3) is 0 Å². The van der Waals surface area contributed by atoms with E-state index in [9.17, 15) is 9.59 Å². The van der Waals surface area contributed by atoms with Crippen molar-refractivity contribution in [3.63, 3.8) is 0 Å². The molecule has 4 nitrogen and oxygen atoms in total. The Morgan fingerprint density at radius 2 is 2.00 bits per heavy atom. The summed E-state index contributed by atoms with van der Waals surface area (Å²) in [6.45, 7) is 1.38. The summed E-state index contributed by atoms with van der Waals surface area (Å²) in [6.07, 6.45) is 9.52. The summed E-state index contributed by atoms with van der Waals surface area (Å²) < 4.78 is 0. The number of amides is 2. The lowest BCUT2D eigenvalue weighted by atomic mass is 9.88. The predicted octanol–water partition coefficient (Wildman–Crippen LogP) is 2.55. The van der Waals surface area contributed by atoms with Crippen LogP contribution in [0.3, 0.4) is 0 Å². The highest BCUT2D eigenvalue weighted by atomic mass is 16.2. The molecule has 1 aromatic carbocycles. The monoisotopic (exact) mass is 350 g/mol. The molecule has 1 saturated heterocycles. The first kappa shape index (κ1) is 16.1. The molecule has 0 aromatic heterocycles. The largest absolute Gasteiger partial charge is 0.351 e. The van der Waals surface area contributed by atoms with Gasteiger partial charge >= 0.3 is 0 Å². The molecule has 4 aliphatic rings. The van der Waals surface area contributed by atoms with E-state index in [2.05, 4.69) is 29.6 Å². The minimum atomic E-state index is -0.0240. The van der Waals surface area contributed by atoms with E-state index in [0.717, 1.165) is 19.4 Å². The van der Waals surface area contributed by atoms with Crippen molar-refractivity contribution in [3.05, 3.63) is 48.0 Å². The molecular formula is C22H26N2O2. The number of hydrogen-bond acceptors (Lipinski definition) is 2. The van der Waals surface area contributed by atoms with E-state index in [-0.39, 0.29) is 23.8 Å². The van der Waals surface area contributed by atoms with Gasteiger partial charge in [-0.05, 0) is 48.5 Å². The summed E-state index contributed by atoms with van der Waals surface area (Å²) in [5.74, 6) is 1.53. The van der Waals surface area contributed by atoms with Crippen LogP contribution in [-0.4, -0.2) is 35.8 Å². The van der Waals surface area contributed by atoms with Gasteiger partial charge in [-0.2, -0.15) is 0 Å². The lowest BCUT2D eigenvalue weighted by Gasteiger charge is -2.22. The highest BCUT2D eigenvalue weighted by Crippen LogP contribution is 2.70. The van der Waals surface area contributed by atoms with Gasteiger partial charge in [-0.25, -0.2) is 0 Å². The zero-order chi connectivity index (χ0) is 17.7. The summed E-state index contributed by atoms with van der Waals surface area (Å²) in [4.78, 5) is 27.0. The third-order valence-electron chi connectivity index (χ3n) is 7.13. The van der Waals surface area contributed by atoms with Crippen molar-refractivity contribution in [1.82, 2.24) is 10.2 Å². The highest BCUT2D eigenvalue weighted by Gasteiger charge is 2.64. The van der Waals surface area contributed by atoms with Gasteiger partial charge in [-0.1, -0.05) is 42.5 Å².